The third-order valence-corrected chi connectivity index (χ3v) is 5.89. The number of amides is 1. The van der Waals surface area contributed by atoms with Gasteiger partial charge in [0.15, 0.2) is 11.5 Å². The summed E-state index contributed by atoms with van der Waals surface area (Å²) in [5.41, 5.74) is 3.30. The van der Waals surface area contributed by atoms with E-state index in [0.29, 0.717) is 51.3 Å². The molecule has 174 valence electrons. The quantitative estimate of drug-likeness (QED) is 0.420. The smallest absolute Gasteiger partial charge is 0.336 e. The summed E-state index contributed by atoms with van der Waals surface area (Å²) in [6.45, 7) is 0. The molecule has 0 atom stereocenters. The second kappa shape index (κ2) is 11.3. The third-order valence-electron chi connectivity index (χ3n) is 4.91. The number of hydrogen-bond acceptors (Lipinski definition) is 8. The minimum atomic E-state index is -0.351. The van der Waals surface area contributed by atoms with Crippen molar-refractivity contribution in [2.24, 2.45) is 0 Å². The Morgan fingerprint density at radius 3 is 2.30 bits per heavy atom. The van der Waals surface area contributed by atoms with Crippen molar-refractivity contribution in [3.63, 3.8) is 0 Å². The Hall–Kier alpha value is -3.59. The number of rotatable bonds is 9. The molecule has 0 radical (unpaired) electrons. The van der Waals surface area contributed by atoms with Gasteiger partial charge in [-0.05, 0) is 30.3 Å². The molecule has 1 aliphatic heterocycles. The number of methoxy groups -OCH3 is 4. The van der Waals surface area contributed by atoms with E-state index in [1.165, 1.54) is 27.4 Å². The highest BCUT2D eigenvalue weighted by atomic mass is 32.2. The molecule has 2 aromatic rings. The molecule has 0 saturated heterocycles. The van der Waals surface area contributed by atoms with E-state index in [0.717, 1.165) is 5.70 Å². The topological polar surface area (TPSA) is 95.1 Å². The van der Waals surface area contributed by atoms with E-state index in [9.17, 15) is 9.59 Å². The van der Waals surface area contributed by atoms with Crippen molar-refractivity contribution < 1.29 is 28.5 Å². The van der Waals surface area contributed by atoms with Crippen LogP contribution in [0.1, 0.15) is 5.56 Å². The van der Waals surface area contributed by atoms with Crippen molar-refractivity contribution in [3.05, 3.63) is 59.3 Å². The van der Waals surface area contributed by atoms with Crippen LogP contribution in [0.5, 0.6) is 17.2 Å². The highest BCUT2D eigenvalue weighted by Crippen LogP contribution is 2.40. The zero-order chi connectivity index (χ0) is 23.8. The van der Waals surface area contributed by atoms with Gasteiger partial charge in [0, 0.05) is 28.8 Å². The molecule has 0 aromatic heterocycles. The Kier molecular flexibility index (Phi) is 8.26. The molecular weight excluding hydrogens is 444 g/mol. The van der Waals surface area contributed by atoms with Crippen LogP contribution in [0.25, 0.3) is 6.08 Å². The maximum atomic E-state index is 12.7. The Morgan fingerprint density at radius 1 is 0.909 bits per heavy atom. The molecule has 0 fully saturated rings. The van der Waals surface area contributed by atoms with E-state index < -0.39 is 0 Å². The SMILES string of the molecule is COC(=O)C1=C(Nc2ccccc2NC(=O)/C=C/c2ccc(OC)c(OC)c2OC)CSC1. The molecule has 8 nitrogen and oxygen atoms in total. The second-order valence-corrected chi connectivity index (χ2v) is 7.84. The number of hydrogen-bond donors (Lipinski definition) is 2. The lowest BCUT2D eigenvalue weighted by molar-refractivity contribution is -0.136. The summed E-state index contributed by atoms with van der Waals surface area (Å²) in [5.74, 6) is 2.00. The minimum absolute atomic E-state index is 0.330. The minimum Gasteiger partial charge on any atom is -0.493 e. The van der Waals surface area contributed by atoms with Gasteiger partial charge in [-0.25, -0.2) is 4.79 Å². The Morgan fingerprint density at radius 2 is 1.64 bits per heavy atom. The number of ether oxygens (including phenoxy) is 4. The van der Waals surface area contributed by atoms with Gasteiger partial charge in [-0.15, -0.1) is 0 Å². The highest BCUT2D eigenvalue weighted by Gasteiger charge is 2.23. The number of para-hydroxylation sites is 2. The Balaban J connectivity index is 1.79. The summed E-state index contributed by atoms with van der Waals surface area (Å²) in [5, 5.41) is 6.14. The largest absolute Gasteiger partial charge is 0.493 e. The van der Waals surface area contributed by atoms with Gasteiger partial charge in [0.05, 0.1) is 45.4 Å². The standard InChI is InChI=1S/C24H26N2O6S/c1-29-20-11-9-15(22(30-2)23(20)31-3)10-12-21(27)26-18-8-6-5-7-17(18)25-19-14-33-13-16(19)24(28)32-4/h5-12,25H,13-14H2,1-4H3,(H,26,27)/b12-10+. The van der Waals surface area contributed by atoms with Crippen LogP contribution in [0.2, 0.25) is 0 Å². The predicted octanol–water partition coefficient (Wildman–Crippen LogP) is 3.95. The molecule has 1 aliphatic rings. The van der Waals surface area contributed by atoms with Crippen molar-refractivity contribution in [2.75, 3.05) is 50.6 Å². The molecule has 3 rings (SSSR count). The van der Waals surface area contributed by atoms with Crippen LogP contribution in [0.3, 0.4) is 0 Å². The van der Waals surface area contributed by atoms with Crippen LogP contribution in [0, 0.1) is 0 Å². The van der Waals surface area contributed by atoms with Crippen molar-refractivity contribution >= 4 is 41.1 Å². The van der Waals surface area contributed by atoms with Gasteiger partial charge < -0.3 is 29.6 Å². The second-order valence-electron chi connectivity index (χ2n) is 6.86. The first-order valence-electron chi connectivity index (χ1n) is 10.0. The summed E-state index contributed by atoms with van der Waals surface area (Å²) in [4.78, 5) is 24.7. The summed E-state index contributed by atoms with van der Waals surface area (Å²) in [6, 6.07) is 10.8. The summed E-state index contributed by atoms with van der Waals surface area (Å²) >= 11 is 1.62. The number of esters is 1. The molecule has 0 aliphatic carbocycles. The van der Waals surface area contributed by atoms with Gasteiger partial charge >= 0.3 is 5.97 Å². The van der Waals surface area contributed by atoms with Crippen LogP contribution >= 0.6 is 11.8 Å². The fraction of sp³-hybridized carbons (Fsp3) is 0.250. The average Bonchev–Trinajstić information content (AvgIpc) is 3.30. The van der Waals surface area contributed by atoms with Crippen molar-refractivity contribution in [2.45, 2.75) is 0 Å². The number of carbonyl (C=O) groups excluding carboxylic acids is 2. The number of thioether (sulfide) groups is 1. The molecule has 2 aromatic carbocycles. The lowest BCUT2D eigenvalue weighted by atomic mass is 10.1. The van der Waals surface area contributed by atoms with E-state index in [-0.39, 0.29) is 11.9 Å². The van der Waals surface area contributed by atoms with E-state index in [4.69, 9.17) is 18.9 Å². The van der Waals surface area contributed by atoms with Crippen molar-refractivity contribution in [3.8, 4) is 17.2 Å². The van der Waals surface area contributed by atoms with Crippen molar-refractivity contribution in [1.29, 1.82) is 0 Å². The molecule has 9 heteroatoms. The summed E-state index contributed by atoms with van der Waals surface area (Å²) in [7, 11) is 5.95. The normalized spacial score (nSPS) is 13.1. The van der Waals surface area contributed by atoms with Crippen LogP contribution < -0.4 is 24.8 Å². The first-order chi connectivity index (χ1) is 16.0. The maximum Gasteiger partial charge on any atom is 0.336 e. The van der Waals surface area contributed by atoms with E-state index in [1.807, 2.05) is 18.2 Å². The first kappa shape index (κ1) is 24.1. The highest BCUT2D eigenvalue weighted by molar-refractivity contribution is 8.00. The van der Waals surface area contributed by atoms with Crippen LogP contribution in [0.15, 0.2) is 53.7 Å². The fourth-order valence-electron chi connectivity index (χ4n) is 3.31. The van der Waals surface area contributed by atoms with Gasteiger partial charge in [0.25, 0.3) is 0 Å². The monoisotopic (exact) mass is 470 g/mol. The zero-order valence-corrected chi connectivity index (χ0v) is 19.7. The molecule has 1 amide bonds. The van der Waals surface area contributed by atoms with Gasteiger partial charge in [0.2, 0.25) is 11.7 Å². The Labute approximate surface area is 196 Å². The number of anilines is 2. The molecule has 0 saturated carbocycles. The van der Waals surface area contributed by atoms with E-state index in [2.05, 4.69) is 10.6 Å². The molecule has 0 bridgehead atoms. The van der Waals surface area contributed by atoms with Gasteiger partial charge in [-0.3, -0.25) is 4.79 Å². The number of carbonyl (C=O) groups is 2. The zero-order valence-electron chi connectivity index (χ0n) is 18.9. The fourth-order valence-corrected chi connectivity index (χ4v) is 4.35. The van der Waals surface area contributed by atoms with Gasteiger partial charge in [-0.2, -0.15) is 11.8 Å². The summed E-state index contributed by atoms with van der Waals surface area (Å²) < 4.78 is 21.0. The molecule has 33 heavy (non-hydrogen) atoms. The molecule has 2 N–H and O–H groups in total. The van der Waals surface area contributed by atoms with Crippen molar-refractivity contribution in [1.82, 2.24) is 0 Å². The summed E-state index contributed by atoms with van der Waals surface area (Å²) in [6.07, 6.45) is 3.04. The predicted molar refractivity (Wildman–Crippen MR) is 130 cm³/mol. The molecule has 1 heterocycles. The number of benzene rings is 2. The average molecular weight is 471 g/mol. The first-order valence-corrected chi connectivity index (χ1v) is 11.2. The molecular formula is C24H26N2O6S. The van der Waals surface area contributed by atoms with Crippen LogP contribution in [-0.2, 0) is 14.3 Å². The molecule has 0 unspecified atom stereocenters. The van der Waals surface area contributed by atoms with Gasteiger partial charge in [0.1, 0.15) is 0 Å². The van der Waals surface area contributed by atoms with E-state index in [1.54, 1.807) is 43.1 Å². The number of nitrogens with one attached hydrogen (secondary N) is 2. The maximum absolute atomic E-state index is 12.7. The van der Waals surface area contributed by atoms with Crippen LogP contribution in [0.4, 0.5) is 11.4 Å². The lowest BCUT2D eigenvalue weighted by Gasteiger charge is -2.14. The molecule has 0 spiro atoms. The van der Waals surface area contributed by atoms with Crippen LogP contribution in [-0.4, -0.2) is 51.8 Å². The lowest BCUT2D eigenvalue weighted by Crippen LogP contribution is -2.13. The van der Waals surface area contributed by atoms with Gasteiger partial charge in [-0.1, -0.05) is 12.1 Å². The van der Waals surface area contributed by atoms with E-state index >= 15 is 0 Å². The third kappa shape index (κ3) is 5.61. The Bertz CT molecular complexity index is 1100.